The number of amides is 2. The zero-order valence-corrected chi connectivity index (χ0v) is 13.6. The highest BCUT2D eigenvalue weighted by Gasteiger charge is 2.25. The zero-order valence-electron chi connectivity index (χ0n) is 13.6. The maximum Gasteiger partial charge on any atom is 0.256 e. The minimum atomic E-state index is -0.0169. The smallest absolute Gasteiger partial charge is 0.256 e. The van der Waals surface area contributed by atoms with Gasteiger partial charge in [-0.15, -0.1) is 0 Å². The van der Waals surface area contributed by atoms with Gasteiger partial charge in [-0.1, -0.05) is 0 Å². The largest absolute Gasteiger partial charge is 0.343 e. The lowest BCUT2D eigenvalue weighted by atomic mass is 10.2. The maximum absolute atomic E-state index is 12.9. The highest BCUT2D eigenvalue weighted by molar-refractivity contribution is 6.04. The number of hydrogen-bond acceptors (Lipinski definition) is 4. The first-order chi connectivity index (χ1) is 11.7. The van der Waals surface area contributed by atoms with Gasteiger partial charge in [0.25, 0.3) is 5.91 Å². The van der Waals surface area contributed by atoms with Gasteiger partial charge in [-0.05, 0) is 31.2 Å². The fourth-order valence-electron chi connectivity index (χ4n) is 3.25. The molecule has 1 N–H and O–H groups in total. The Hall–Kier alpha value is -2.44. The minimum Gasteiger partial charge on any atom is -0.343 e. The molecule has 4 rings (SSSR count). The number of H-pyrrole nitrogens is 1. The van der Waals surface area contributed by atoms with Crippen LogP contribution < -0.4 is 0 Å². The number of imidazole rings is 1. The van der Waals surface area contributed by atoms with Gasteiger partial charge in [0.05, 0.1) is 11.1 Å². The molecule has 7 nitrogen and oxygen atoms in total. The lowest BCUT2D eigenvalue weighted by Crippen LogP contribution is -2.35. The molecule has 0 bridgehead atoms. The van der Waals surface area contributed by atoms with Crippen LogP contribution in [0.25, 0.3) is 11.2 Å². The standard InChI is InChI=1S/C17H21N5O2/c23-11-21-6-1-7-22(9-8-21)17(24)13-4-5-18-16-15(13)19-14(20-16)10-12-2-3-12/h4-5,11-12H,1-3,6-10H2,(H,18,19,20). The summed E-state index contributed by atoms with van der Waals surface area (Å²) in [5.41, 5.74) is 1.96. The molecule has 2 fully saturated rings. The van der Waals surface area contributed by atoms with Gasteiger partial charge in [-0.25, -0.2) is 9.97 Å². The Morgan fingerprint density at radius 2 is 2.17 bits per heavy atom. The summed E-state index contributed by atoms with van der Waals surface area (Å²) in [6.45, 7) is 2.51. The van der Waals surface area contributed by atoms with E-state index in [2.05, 4.69) is 15.0 Å². The topological polar surface area (TPSA) is 82.2 Å². The van der Waals surface area contributed by atoms with Crippen molar-refractivity contribution in [2.75, 3.05) is 26.2 Å². The number of aromatic nitrogens is 3. The van der Waals surface area contributed by atoms with Crippen LogP contribution >= 0.6 is 0 Å². The van der Waals surface area contributed by atoms with Crippen LogP contribution in [0, 0.1) is 5.92 Å². The first kappa shape index (κ1) is 15.1. The summed E-state index contributed by atoms with van der Waals surface area (Å²) >= 11 is 0. The number of aromatic amines is 1. The van der Waals surface area contributed by atoms with Crippen LogP contribution in [-0.2, 0) is 11.2 Å². The molecule has 7 heteroatoms. The third-order valence-electron chi connectivity index (χ3n) is 4.82. The summed E-state index contributed by atoms with van der Waals surface area (Å²) in [7, 11) is 0. The zero-order chi connectivity index (χ0) is 16.5. The molecule has 2 aromatic rings. The van der Waals surface area contributed by atoms with Crippen molar-refractivity contribution in [3.05, 3.63) is 23.7 Å². The SMILES string of the molecule is O=CN1CCCN(C(=O)c2ccnc3nc(CC4CC4)[nH]c23)CC1. The molecular formula is C17H21N5O2. The molecule has 126 valence electrons. The average molecular weight is 327 g/mol. The molecule has 1 aliphatic heterocycles. The molecule has 1 saturated carbocycles. The normalized spacial score (nSPS) is 18.7. The lowest BCUT2D eigenvalue weighted by molar-refractivity contribution is -0.118. The molecule has 1 saturated heterocycles. The second-order valence-corrected chi connectivity index (χ2v) is 6.68. The van der Waals surface area contributed by atoms with Gasteiger partial charge >= 0.3 is 0 Å². The van der Waals surface area contributed by atoms with E-state index in [0.29, 0.717) is 37.4 Å². The molecule has 24 heavy (non-hydrogen) atoms. The van der Waals surface area contributed by atoms with Crippen molar-refractivity contribution in [2.45, 2.75) is 25.7 Å². The highest BCUT2D eigenvalue weighted by Crippen LogP contribution is 2.32. The van der Waals surface area contributed by atoms with Gasteiger partial charge in [-0.2, -0.15) is 0 Å². The Bertz CT molecular complexity index is 767. The lowest BCUT2D eigenvalue weighted by Gasteiger charge is -2.20. The molecule has 0 aromatic carbocycles. The third kappa shape index (κ3) is 2.98. The van der Waals surface area contributed by atoms with Crippen LogP contribution in [0.3, 0.4) is 0 Å². The van der Waals surface area contributed by atoms with E-state index < -0.39 is 0 Å². The van der Waals surface area contributed by atoms with Gasteiger partial charge in [0.2, 0.25) is 6.41 Å². The van der Waals surface area contributed by atoms with E-state index in [1.54, 1.807) is 17.2 Å². The molecule has 0 atom stereocenters. The second kappa shape index (κ2) is 6.22. The molecule has 0 unspecified atom stereocenters. The number of nitrogens with one attached hydrogen (secondary N) is 1. The summed E-state index contributed by atoms with van der Waals surface area (Å²) in [4.78, 5) is 39.6. The van der Waals surface area contributed by atoms with Crippen LogP contribution in [0.5, 0.6) is 0 Å². The van der Waals surface area contributed by atoms with Crippen molar-refractivity contribution in [2.24, 2.45) is 5.92 Å². The number of carbonyl (C=O) groups is 2. The van der Waals surface area contributed by atoms with Gasteiger partial charge in [-0.3, -0.25) is 9.59 Å². The third-order valence-corrected chi connectivity index (χ3v) is 4.82. The first-order valence-corrected chi connectivity index (χ1v) is 8.57. The Morgan fingerprint density at radius 3 is 2.96 bits per heavy atom. The van der Waals surface area contributed by atoms with E-state index in [1.807, 2.05) is 4.90 Å². The fraction of sp³-hybridized carbons (Fsp3) is 0.529. The quantitative estimate of drug-likeness (QED) is 0.856. The Morgan fingerprint density at radius 1 is 1.29 bits per heavy atom. The number of nitrogens with zero attached hydrogens (tertiary/aromatic N) is 4. The van der Waals surface area contributed by atoms with Gasteiger partial charge in [0.15, 0.2) is 5.65 Å². The predicted octanol–water partition coefficient (Wildman–Crippen LogP) is 1.21. The van der Waals surface area contributed by atoms with Crippen LogP contribution in [0.15, 0.2) is 12.3 Å². The number of hydrogen-bond donors (Lipinski definition) is 1. The molecular weight excluding hydrogens is 306 g/mol. The van der Waals surface area contributed by atoms with E-state index in [0.717, 1.165) is 36.5 Å². The average Bonchev–Trinajstić information content (AvgIpc) is 3.35. The number of pyridine rings is 1. The highest BCUT2D eigenvalue weighted by atomic mass is 16.2. The van der Waals surface area contributed by atoms with Crippen LogP contribution in [0.1, 0.15) is 35.4 Å². The van der Waals surface area contributed by atoms with Crippen molar-refractivity contribution in [1.82, 2.24) is 24.8 Å². The fourth-order valence-corrected chi connectivity index (χ4v) is 3.25. The molecule has 2 amide bonds. The second-order valence-electron chi connectivity index (χ2n) is 6.68. The van der Waals surface area contributed by atoms with E-state index in [4.69, 9.17) is 0 Å². The van der Waals surface area contributed by atoms with E-state index in [1.165, 1.54) is 12.8 Å². The van der Waals surface area contributed by atoms with Crippen molar-refractivity contribution in [3.8, 4) is 0 Å². The number of fused-ring (bicyclic) bond motifs is 1. The van der Waals surface area contributed by atoms with E-state index in [-0.39, 0.29) is 5.91 Å². The molecule has 3 heterocycles. The molecule has 0 spiro atoms. The predicted molar refractivity (Wildman–Crippen MR) is 88.5 cm³/mol. The Labute approximate surface area is 140 Å². The van der Waals surface area contributed by atoms with Gasteiger partial charge < -0.3 is 14.8 Å². The molecule has 2 aliphatic rings. The number of rotatable bonds is 4. The van der Waals surface area contributed by atoms with Gasteiger partial charge in [0, 0.05) is 38.8 Å². The Kier molecular flexibility index (Phi) is 3.92. The molecule has 0 radical (unpaired) electrons. The van der Waals surface area contributed by atoms with Crippen LogP contribution in [0.4, 0.5) is 0 Å². The van der Waals surface area contributed by atoms with Gasteiger partial charge in [0.1, 0.15) is 5.82 Å². The molecule has 2 aromatic heterocycles. The molecule has 1 aliphatic carbocycles. The van der Waals surface area contributed by atoms with Crippen molar-refractivity contribution in [3.63, 3.8) is 0 Å². The first-order valence-electron chi connectivity index (χ1n) is 8.57. The number of carbonyl (C=O) groups excluding carboxylic acids is 2. The van der Waals surface area contributed by atoms with Crippen molar-refractivity contribution >= 4 is 23.5 Å². The summed E-state index contributed by atoms with van der Waals surface area (Å²) < 4.78 is 0. The summed E-state index contributed by atoms with van der Waals surface area (Å²) in [5, 5.41) is 0. The maximum atomic E-state index is 12.9. The Balaban J connectivity index is 1.58. The summed E-state index contributed by atoms with van der Waals surface area (Å²) in [6.07, 6.45) is 6.76. The van der Waals surface area contributed by atoms with Crippen LogP contribution in [0.2, 0.25) is 0 Å². The van der Waals surface area contributed by atoms with Crippen molar-refractivity contribution in [1.29, 1.82) is 0 Å². The van der Waals surface area contributed by atoms with Crippen LogP contribution in [-0.4, -0.2) is 63.2 Å². The summed E-state index contributed by atoms with van der Waals surface area (Å²) in [5.74, 6) is 1.63. The van der Waals surface area contributed by atoms with E-state index in [9.17, 15) is 9.59 Å². The van der Waals surface area contributed by atoms with Crippen molar-refractivity contribution < 1.29 is 9.59 Å². The summed E-state index contributed by atoms with van der Waals surface area (Å²) in [6, 6.07) is 1.76. The monoisotopic (exact) mass is 327 g/mol. The van der Waals surface area contributed by atoms with E-state index >= 15 is 0 Å². The minimum absolute atomic E-state index is 0.0169.